The standard InChI is InChI=1S/C14H11ClFNO3/c1-19-14(18)12-6-13(11(15)7-17-12)20-8-9-2-4-10(16)5-3-9/h2-7H,8H2,1H3. The molecule has 6 heteroatoms. The van der Waals surface area contributed by atoms with Gasteiger partial charge in [0.15, 0.2) is 5.69 Å². The van der Waals surface area contributed by atoms with E-state index < -0.39 is 5.97 Å². The van der Waals surface area contributed by atoms with Crippen LogP contribution in [0.4, 0.5) is 4.39 Å². The topological polar surface area (TPSA) is 48.4 Å². The normalized spacial score (nSPS) is 10.2. The highest BCUT2D eigenvalue weighted by atomic mass is 35.5. The van der Waals surface area contributed by atoms with Crippen LogP contribution in [0.1, 0.15) is 16.1 Å². The molecule has 0 unspecified atom stereocenters. The molecule has 20 heavy (non-hydrogen) atoms. The molecule has 0 aliphatic carbocycles. The number of aromatic nitrogens is 1. The summed E-state index contributed by atoms with van der Waals surface area (Å²) >= 11 is 5.94. The van der Waals surface area contributed by atoms with Crippen LogP contribution in [0.5, 0.6) is 5.75 Å². The second-order valence-electron chi connectivity index (χ2n) is 3.91. The monoisotopic (exact) mass is 295 g/mol. The van der Waals surface area contributed by atoms with Gasteiger partial charge >= 0.3 is 5.97 Å². The zero-order valence-corrected chi connectivity index (χ0v) is 11.4. The summed E-state index contributed by atoms with van der Waals surface area (Å²) in [4.78, 5) is 15.2. The molecule has 0 fully saturated rings. The van der Waals surface area contributed by atoms with E-state index in [1.54, 1.807) is 12.1 Å². The minimum absolute atomic E-state index is 0.103. The van der Waals surface area contributed by atoms with E-state index in [9.17, 15) is 9.18 Å². The summed E-state index contributed by atoms with van der Waals surface area (Å²) in [6.45, 7) is 0.199. The zero-order valence-electron chi connectivity index (χ0n) is 10.6. The van der Waals surface area contributed by atoms with Gasteiger partial charge < -0.3 is 9.47 Å². The lowest BCUT2D eigenvalue weighted by molar-refractivity contribution is 0.0593. The van der Waals surface area contributed by atoms with Crippen LogP contribution in [-0.4, -0.2) is 18.1 Å². The van der Waals surface area contributed by atoms with E-state index in [1.165, 1.54) is 31.5 Å². The molecule has 0 saturated carbocycles. The Morgan fingerprint density at radius 1 is 1.35 bits per heavy atom. The van der Waals surface area contributed by atoms with Gasteiger partial charge in [-0.2, -0.15) is 0 Å². The Balaban J connectivity index is 2.12. The van der Waals surface area contributed by atoms with E-state index in [1.807, 2.05) is 0 Å². The lowest BCUT2D eigenvalue weighted by atomic mass is 10.2. The molecule has 0 radical (unpaired) electrons. The lowest BCUT2D eigenvalue weighted by Crippen LogP contribution is -2.05. The predicted octanol–water partition coefficient (Wildman–Crippen LogP) is 3.24. The molecule has 1 aromatic carbocycles. The number of hydrogen-bond donors (Lipinski definition) is 0. The fourth-order valence-electron chi connectivity index (χ4n) is 1.49. The molecule has 0 N–H and O–H groups in total. The van der Waals surface area contributed by atoms with Crippen LogP contribution in [0, 0.1) is 5.82 Å². The Morgan fingerprint density at radius 3 is 2.70 bits per heavy atom. The molecule has 0 saturated heterocycles. The summed E-state index contributed by atoms with van der Waals surface area (Å²) in [7, 11) is 1.26. The maximum Gasteiger partial charge on any atom is 0.356 e. The van der Waals surface area contributed by atoms with Crippen molar-refractivity contribution in [1.82, 2.24) is 4.98 Å². The van der Waals surface area contributed by atoms with Crippen LogP contribution in [-0.2, 0) is 11.3 Å². The Hall–Kier alpha value is -2.14. The summed E-state index contributed by atoms with van der Waals surface area (Å²) in [5.41, 5.74) is 0.880. The number of esters is 1. The molecular formula is C14H11ClFNO3. The maximum atomic E-state index is 12.8. The van der Waals surface area contributed by atoms with Crippen LogP contribution in [0.2, 0.25) is 5.02 Å². The van der Waals surface area contributed by atoms with Crippen LogP contribution in [0.15, 0.2) is 36.5 Å². The number of nitrogens with zero attached hydrogens (tertiary/aromatic N) is 1. The first kappa shape index (κ1) is 14.3. The Morgan fingerprint density at radius 2 is 2.05 bits per heavy atom. The largest absolute Gasteiger partial charge is 0.487 e. The van der Waals surface area contributed by atoms with Gasteiger partial charge in [-0.25, -0.2) is 14.2 Å². The van der Waals surface area contributed by atoms with E-state index in [0.717, 1.165) is 5.56 Å². The smallest absolute Gasteiger partial charge is 0.356 e. The summed E-state index contributed by atoms with van der Waals surface area (Å²) in [5, 5.41) is 0.278. The van der Waals surface area contributed by atoms with Gasteiger partial charge in [-0.1, -0.05) is 23.7 Å². The van der Waals surface area contributed by atoms with Gasteiger partial charge in [-0.05, 0) is 17.7 Å². The van der Waals surface area contributed by atoms with Gasteiger partial charge in [0.05, 0.1) is 13.3 Å². The zero-order chi connectivity index (χ0) is 14.5. The number of pyridine rings is 1. The van der Waals surface area contributed by atoms with Crippen molar-refractivity contribution in [3.63, 3.8) is 0 Å². The van der Waals surface area contributed by atoms with Gasteiger partial charge in [0.2, 0.25) is 0 Å². The Labute approximate surface area is 120 Å². The van der Waals surface area contributed by atoms with Gasteiger partial charge in [0.25, 0.3) is 0 Å². The third kappa shape index (κ3) is 3.45. The van der Waals surface area contributed by atoms with Crippen molar-refractivity contribution in [2.75, 3.05) is 7.11 Å². The molecule has 2 rings (SSSR count). The number of halogens is 2. The van der Waals surface area contributed by atoms with E-state index in [4.69, 9.17) is 16.3 Å². The van der Waals surface area contributed by atoms with E-state index in [-0.39, 0.29) is 23.1 Å². The van der Waals surface area contributed by atoms with Crippen molar-refractivity contribution in [3.8, 4) is 5.75 Å². The fraction of sp³-hybridized carbons (Fsp3) is 0.143. The number of methoxy groups -OCH3 is 1. The highest BCUT2D eigenvalue weighted by molar-refractivity contribution is 6.32. The average Bonchev–Trinajstić information content (AvgIpc) is 2.47. The number of ether oxygens (including phenoxy) is 2. The SMILES string of the molecule is COC(=O)c1cc(OCc2ccc(F)cc2)c(Cl)cn1. The summed E-state index contributed by atoms with van der Waals surface area (Å²) in [6.07, 6.45) is 1.31. The maximum absolute atomic E-state index is 12.8. The van der Waals surface area contributed by atoms with Crippen LogP contribution in [0.25, 0.3) is 0 Å². The Bertz CT molecular complexity index is 616. The molecule has 0 atom stereocenters. The highest BCUT2D eigenvalue weighted by Gasteiger charge is 2.11. The number of benzene rings is 1. The first-order valence-electron chi connectivity index (χ1n) is 5.71. The van der Waals surface area contributed by atoms with Gasteiger partial charge in [-0.15, -0.1) is 0 Å². The van der Waals surface area contributed by atoms with E-state index >= 15 is 0 Å². The summed E-state index contributed by atoms with van der Waals surface area (Å²) in [5.74, 6) is -0.580. The van der Waals surface area contributed by atoms with Crippen molar-refractivity contribution in [3.05, 3.63) is 58.6 Å². The Kier molecular flexibility index (Phi) is 4.53. The molecule has 104 valence electrons. The number of carbonyl (C=O) groups excluding carboxylic acids is 1. The highest BCUT2D eigenvalue weighted by Crippen LogP contribution is 2.25. The molecular weight excluding hydrogens is 285 g/mol. The molecule has 0 aliphatic rings. The molecule has 0 bridgehead atoms. The van der Waals surface area contributed by atoms with E-state index in [2.05, 4.69) is 9.72 Å². The molecule has 1 heterocycles. The number of hydrogen-bond acceptors (Lipinski definition) is 4. The number of carbonyl (C=O) groups is 1. The van der Waals surface area contributed by atoms with Gasteiger partial charge in [0.1, 0.15) is 23.2 Å². The molecule has 0 amide bonds. The molecule has 2 aromatic rings. The van der Waals surface area contributed by atoms with Crippen molar-refractivity contribution in [1.29, 1.82) is 0 Å². The van der Waals surface area contributed by atoms with E-state index in [0.29, 0.717) is 5.75 Å². The molecule has 1 aromatic heterocycles. The van der Waals surface area contributed by atoms with Crippen LogP contribution in [0.3, 0.4) is 0 Å². The third-order valence-electron chi connectivity index (χ3n) is 2.52. The minimum Gasteiger partial charge on any atom is -0.487 e. The van der Waals surface area contributed by atoms with Crippen LogP contribution < -0.4 is 4.74 Å². The second-order valence-corrected chi connectivity index (χ2v) is 4.31. The second kappa shape index (κ2) is 6.34. The van der Waals surface area contributed by atoms with Crippen molar-refractivity contribution >= 4 is 17.6 Å². The van der Waals surface area contributed by atoms with Crippen molar-refractivity contribution in [2.24, 2.45) is 0 Å². The third-order valence-corrected chi connectivity index (χ3v) is 2.81. The van der Waals surface area contributed by atoms with Crippen LogP contribution >= 0.6 is 11.6 Å². The molecule has 0 spiro atoms. The van der Waals surface area contributed by atoms with Gasteiger partial charge in [0, 0.05) is 6.07 Å². The summed E-state index contributed by atoms with van der Waals surface area (Å²) in [6, 6.07) is 7.29. The minimum atomic E-state index is -0.576. The molecule has 0 aliphatic heterocycles. The van der Waals surface area contributed by atoms with Crippen molar-refractivity contribution < 1.29 is 18.7 Å². The average molecular weight is 296 g/mol. The lowest BCUT2D eigenvalue weighted by Gasteiger charge is -2.09. The quantitative estimate of drug-likeness (QED) is 0.813. The van der Waals surface area contributed by atoms with Gasteiger partial charge in [-0.3, -0.25) is 0 Å². The summed E-state index contributed by atoms with van der Waals surface area (Å²) < 4.78 is 22.8. The predicted molar refractivity (Wildman–Crippen MR) is 71.3 cm³/mol. The number of rotatable bonds is 4. The first-order valence-corrected chi connectivity index (χ1v) is 6.09. The fourth-order valence-corrected chi connectivity index (χ4v) is 1.65. The van der Waals surface area contributed by atoms with Crippen molar-refractivity contribution in [2.45, 2.75) is 6.61 Å². The molecule has 4 nitrogen and oxygen atoms in total. The first-order chi connectivity index (χ1) is 9.60.